The van der Waals surface area contributed by atoms with Gasteiger partial charge in [-0.3, -0.25) is 4.79 Å². The zero-order chi connectivity index (χ0) is 17.8. The molecule has 3 N–H and O–H groups in total. The average molecular weight is 343 g/mol. The minimum atomic E-state index is -0.314. The number of nitrogens with zero attached hydrogens (tertiary/aromatic N) is 2. The molecule has 0 spiro atoms. The molecule has 4 rings (SSSR count). The normalized spacial score (nSPS) is 10.6. The van der Waals surface area contributed by atoms with E-state index in [1.807, 2.05) is 72.8 Å². The number of fused-ring (bicyclic) bond motifs is 1. The highest BCUT2D eigenvalue weighted by Crippen LogP contribution is 2.24. The second kappa shape index (κ2) is 7.06. The van der Waals surface area contributed by atoms with Crippen LogP contribution in [0.2, 0.25) is 0 Å². The van der Waals surface area contributed by atoms with Gasteiger partial charge in [0.15, 0.2) is 11.5 Å². The average Bonchev–Trinajstić information content (AvgIpc) is 3.16. The molecule has 4 aromatic rings. The van der Waals surface area contributed by atoms with Crippen LogP contribution < -0.4 is 10.6 Å². The molecule has 3 aromatic carbocycles. The molecule has 0 unspecified atom stereocenters. The van der Waals surface area contributed by atoms with Gasteiger partial charge in [-0.2, -0.15) is 5.21 Å². The molecule has 0 saturated heterocycles. The van der Waals surface area contributed by atoms with Crippen LogP contribution >= 0.6 is 0 Å². The summed E-state index contributed by atoms with van der Waals surface area (Å²) in [5.74, 6) is 0.109. The van der Waals surface area contributed by atoms with E-state index in [0.29, 0.717) is 12.4 Å². The van der Waals surface area contributed by atoms with Crippen LogP contribution in [0.25, 0.3) is 10.8 Å². The number of rotatable bonds is 5. The Kier molecular flexibility index (Phi) is 4.30. The fourth-order valence-electron chi connectivity index (χ4n) is 2.81. The van der Waals surface area contributed by atoms with Gasteiger partial charge in [-0.15, -0.1) is 10.2 Å². The molecule has 26 heavy (non-hydrogen) atoms. The quantitative estimate of drug-likeness (QED) is 0.514. The number of carbonyl (C=O) groups excluding carboxylic acids is 1. The van der Waals surface area contributed by atoms with Crippen molar-refractivity contribution in [2.45, 2.75) is 6.54 Å². The van der Waals surface area contributed by atoms with Crippen LogP contribution in [0.4, 0.5) is 11.5 Å². The molecule has 0 aliphatic heterocycles. The van der Waals surface area contributed by atoms with Gasteiger partial charge >= 0.3 is 0 Å². The number of carbonyl (C=O) groups is 1. The highest BCUT2D eigenvalue weighted by Gasteiger charge is 2.17. The summed E-state index contributed by atoms with van der Waals surface area (Å²) in [7, 11) is 0. The molecule has 0 saturated carbocycles. The van der Waals surface area contributed by atoms with E-state index >= 15 is 0 Å². The number of aromatic nitrogens is 3. The van der Waals surface area contributed by atoms with Crippen molar-refractivity contribution in [3.63, 3.8) is 0 Å². The molecule has 128 valence electrons. The lowest BCUT2D eigenvalue weighted by Crippen LogP contribution is -2.15. The smallest absolute Gasteiger partial charge is 0.280 e. The first-order valence-electron chi connectivity index (χ1n) is 8.29. The van der Waals surface area contributed by atoms with Crippen molar-refractivity contribution >= 4 is 28.2 Å². The Labute approximate surface area is 150 Å². The second-order valence-corrected chi connectivity index (χ2v) is 5.84. The summed E-state index contributed by atoms with van der Waals surface area (Å²) in [6.07, 6.45) is 0. The second-order valence-electron chi connectivity index (χ2n) is 5.84. The first-order chi connectivity index (χ1) is 12.8. The van der Waals surface area contributed by atoms with E-state index in [9.17, 15) is 4.79 Å². The number of nitrogens with one attached hydrogen (secondary N) is 3. The lowest BCUT2D eigenvalue weighted by molar-refractivity contribution is 0.102. The maximum absolute atomic E-state index is 12.7. The number of hydrogen-bond acceptors (Lipinski definition) is 4. The summed E-state index contributed by atoms with van der Waals surface area (Å²) in [4.78, 5) is 12.7. The minimum absolute atomic E-state index is 0.230. The number of amides is 1. The molecule has 1 aromatic heterocycles. The van der Waals surface area contributed by atoms with Gasteiger partial charge < -0.3 is 10.6 Å². The molecule has 6 nitrogen and oxygen atoms in total. The number of hydrogen-bond donors (Lipinski definition) is 3. The van der Waals surface area contributed by atoms with Crippen LogP contribution in [0.15, 0.2) is 72.8 Å². The summed E-state index contributed by atoms with van der Waals surface area (Å²) in [5, 5.41) is 18.7. The first-order valence-corrected chi connectivity index (χ1v) is 8.29. The summed E-state index contributed by atoms with van der Waals surface area (Å²) in [5.41, 5.74) is 2.06. The van der Waals surface area contributed by atoms with Crippen molar-refractivity contribution in [1.82, 2.24) is 15.4 Å². The molecule has 1 heterocycles. The molecule has 0 aliphatic rings. The van der Waals surface area contributed by atoms with Crippen molar-refractivity contribution in [2.75, 3.05) is 10.6 Å². The fraction of sp³-hybridized carbons (Fsp3) is 0.0500. The monoisotopic (exact) mass is 343 g/mol. The topological polar surface area (TPSA) is 82.7 Å². The highest BCUT2D eigenvalue weighted by molar-refractivity contribution is 6.10. The molecule has 0 bridgehead atoms. The lowest BCUT2D eigenvalue weighted by Gasteiger charge is -2.09. The first kappa shape index (κ1) is 15.8. The highest BCUT2D eigenvalue weighted by atomic mass is 16.2. The predicted molar refractivity (Wildman–Crippen MR) is 102 cm³/mol. The number of H-pyrrole nitrogens is 1. The van der Waals surface area contributed by atoms with Crippen LogP contribution in [0, 0.1) is 0 Å². The van der Waals surface area contributed by atoms with Gasteiger partial charge in [0.2, 0.25) is 0 Å². The number of aromatic amines is 1. The third-order valence-electron chi connectivity index (χ3n) is 4.10. The zero-order valence-corrected chi connectivity index (χ0v) is 13.9. The minimum Gasteiger partial charge on any atom is -0.362 e. The van der Waals surface area contributed by atoms with Crippen molar-refractivity contribution in [1.29, 1.82) is 0 Å². The van der Waals surface area contributed by atoms with Crippen molar-refractivity contribution in [2.24, 2.45) is 0 Å². The summed E-state index contributed by atoms with van der Waals surface area (Å²) >= 11 is 0. The standard InChI is InChI=1S/C20H17N5O/c26-20(22-17-12-6-10-15-9-4-5-11-16(15)17)18-19(24-25-23-18)21-13-14-7-2-1-3-8-14/h1-12H,13H2,(H,22,26)(H2,21,23,24,25). The van der Waals surface area contributed by atoms with Gasteiger partial charge in [0, 0.05) is 17.6 Å². The third kappa shape index (κ3) is 3.25. The Morgan fingerprint density at radius 1 is 0.885 bits per heavy atom. The Morgan fingerprint density at radius 3 is 2.54 bits per heavy atom. The fourth-order valence-corrected chi connectivity index (χ4v) is 2.81. The van der Waals surface area contributed by atoms with E-state index < -0.39 is 0 Å². The summed E-state index contributed by atoms with van der Waals surface area (Å²) < 4.78 is 0. The van der Waals surface area contributed by atoms with E-state index in [1.165, 1.54) is 0 Å². The van der Waals surface area contributed by atoms with E-state index in [0.717, 1.165) is 22.0 Å². The van der Waals surface area contributed by atoms with E-state index in [1.54, 1.807) is 0 Å². The van der Waals surface area contributed by atoms with Crippen LogP contribution in [-0.4, -0.2) is 21.3 Å². The maximum atomic E-state index is 12.7. The Morgan fingerprint density at radius 2 is 1.65 bits per heavy atom. The van der Waals surface area contributed by atoms with Gasteiger partial charge in [0.25, 0.3) is 5.91 Å². The molecule has 0 radical (unpaired) electrons. The molecule has 1 amide bonds. The Balaban J connectivity index is 1.53. The van der Waals surface area contributed by atoms with Gasteiger partial charge in [-0.05, 0) is 17.0 Å². The van der Waals surface area contributed by atoms with Crippen molar-refractivity contribution < 1.29 is 4.79 Å². The SMILES string of the molecule is O=C(Nc1cccc2ccccc12)c1n[nH]nc1NCc1ccccc1. The molecule has 0 fully saturated rings. The van der Waals surface area contributed by atoms with Crippen LogP contribution in [-0.2, 0) is 6.54 Å². The van der Waals surface area contributed by atoms with Gasteiger partial charge in [-0.1, -0.05) is 66.7 Å². The molecular weight excluding hydrogens is 326 g/mol. The summed E-state index contributed by atoms with van der Waals surface area (Å²) in [6, 6.07) is 23.6. The van der Waals surface area contributed by atoms with E-state index in [4.69, 9.17) is 0 Å². The largest absolute Gasteiger partial charge is 0.362 e. The third-order valence-corrected chi connectivity index (χ3v) is 4.10. The van der Waals surface area contributed by atoms with Crippen LogP contribution in [0.5, 0.6) is 0 Å². The van der Waals surface area contributed by atoms with Gasteiger partial charge in [0.1, 0.15) is 0 Å². The lowest BCUT2D eigenvalue weighted by atomic mass is 10.1. The van der Waals surface area contributed by atoms with Crippen LogP contribution in [0.3, 0.4) is 0 Å². The zero-order valence-electron chi connectivity index (χ0n) is 13.9. The number of benzene rings is 3. The summed E-state index contributed by atoms with van der Waals surface area (Å²) in [6.45, 7) is 0.557. The maximum Gasteiger partial charge on any atom is 0.280 e. The Bertz CT molecular complexity index is 1040. The molecule has 6 heteroatoms. The number of anilines is 2. The van der Waals surface area contributed by atoms with Crippen LogP contribution in [0.1, 0.15) is 16.1 Å². The van der Waals surface area contributed by atoms with Crippen molar-refractivity contribution in [3.05, 3.63) is 84.1 Å². The molecule has 0 atom stereocenters. The van der Waals surface area contributed by atoms with Gasteiger partial charge in [0.05, 0.1) is 0 Å². The molecule has 0 aliphatic carbocycles. The predicted octanol–water partition coefficient (Wildman–Crippen LogP) is 3.82. The Hall–Kier alpha value is -3.67. The molecular formula is C20H17N5O. The van der Waals surface area contributed by atoms with E-state index in [2.05, 4.69) is 26.0 Å². The van der Waals surface area contributed by atoms with E-state index in [-0.39, 0.29) is 11.6 Å². The van der Waals surface area contributed by atoms with Gasteiger partial charge in [-0.25, -0.2) is 0 Å². The van der Waals surface area contributed by atoms with Crippen molar-refractivity contribution in [3.8, 4) is 0 Å².